The van der Waals surface area contributed by atoms with Crippen molar-refractivity contribution in [3.8, 4) is 10.4 Å². The normalized spacial score (nSPS) is 21.1. The fourth-order valence-corrected chi connectivity index (χ4v) is 6.47. The molecule has 2 fully saturated rings. The van der Waals surface area contributed by atoms with Crippen molar-refractivity contribution >= 4 is 34.3 Å². The highest BCUT2D eigenvalue weighted by Crippen LogP contribution is 2.40. The number of hydrogen-bond acceptors (Lipinski definition) is 7. The molecule has 0 spiro atoms. The number of nitrogens with two attached hydrogens (primary N) is 2. The molecule has 1 aromatic carbocycles. The van der Waals surface area contributed by atoms with Gasteiger partial charge in [-0.05, 0) is 61.1 Å². The lowest BCUT2D eigenvalue weighted by Crippen LogP contribution is -2.27. The molecule has 7 nitrogen and oxygen atoms in total. The van der Waals surface area contributed by atoms with Crippen molar-refractivity contribution in [3.63, 3.8) is 0 Å². The largest absolute Gasteiger partial charge is 0.368 e. The minimum Gasteiger partial charge on any atom is -0.368 e. The van der Waals surface area contributed by atoms with Gasteiger partial charge in [-0.3, -0.25) is 0 Å². The van der Waals surface area contributed by atoms with E-state index in [-0.39, 0.29) is 0 Å². The molecule has 0 saturated heterocycles. The highest BCUT2D eigenvalue weighted by molar-refractivity contribution is 7.13. The number of nitrogens with one attached hydrogen (secondary N) is 1. The number of aromatic nitrogens is 4. The van der Waals surface area contributed by atoms with Gasteiger partial charge in [-0.25, -0.2) is 4.98 Å². The number of rotatable bonds is 6. The SMILES string of the molecule is Nc1nc(NCc2ccc(-c3cccs3)cc2)c2nc(C3CCC(N)CC3)n(C3CCCC3)c2n1. The first-order valence-electron chi connectivity index (χ1n) is 12.8. The predicted octanol–water partition coefficient (Wildman–Crippen LogP) is 5.85. The van der Waals surface area contributed by atoms with Crippen LogP contribution >= 0.6 is 11.3 Å². The maximum Gasteiger partial charge on any atom is 0.224 e. The lowest BCUT2D eigenvalue weighted by Gasteiger charge is -2.27. The Kier molecular flexibility index (Phi) is 6.16. The van der Waals surface area contributed by atoms with E-state index in [1.807, 2.05) is 0 Å². The Morgan fingerprint density at radius 1 is 0.943 bits per heavy atom. The van der Waals surface area contributed by atoms with Crippen LogP contribution in [-0.2, 0) is 6.54 Å². The number of fused-ring (bicyclic) bond motifs is 1. The van der Waals surface area contributed by atoms with Gasteiger partial charge in [0.2, 0.25) is 5.95 Å². The summed E-state index contributed by atoms with van der Waals surface area (Å²) in [5.74, 6) is 2.59. The first-order valence-corrected chi connectivity index (χ1v) is 13.7. The average molecular weight is 488 g/mol. The third kappa shape index (κ3) is 4.52. The Labute approximate surface area is 210 Å². The van der Waals surface area contributed by atoms with Gasteiger partial charge in [-0.15, -0.1) is 11.3 Å². The van der Waals surface area contributed by atoms with Crippen LogP contribution < -0.4 is 16.8 Å². The Hall–Kier alpha value is -2.97. The molecular formula is C27H33N7S. The molecular weight excluding hydrogens is 454 g/mol. The van der Waals surface area contributed by atoms with Crippen LogP contribution in [0.2, 0.25) is 0 Å². The van der Waals surface area contributed by atoms with E-state index >= 15 is 0 Å². The Balaban J connectivity index is 1.32. The summed E-state index contributed by atoms with van der Waals surface area (Å²) >= 11 is 1.76. The third-order valence-corrected chi connectivity index (χ3v) is 8.55. The second kappa shape index (κ2) is 9.59. The minimum atomic E-state index is 0.296. The molecule has 182 valence electrons. The van der Waals surface area contributed by atoms with E-state index in [0.29, 0.717) is 30.5 Å². The Bertz CT molecular complexity index is 1280. The molecule has 6 rings (SSSR count). The zero-order chi connectivity index (χ0) is 23.8. The summed E-state index contributed by atoms with van der Waals surface area (Å²) in [7, 11) is 0. The van der Waals surface area contributed by atoms with Crippen LogP contribution in [0.4, 0.5) is 11.8 Å². The maximum atomic E-state index is 6.22. The summed E-state index contributed by atoms with van der Waals surface area (Å²) in [5, 5.41) is 5.62. The lowest BCUT2D eigenvalue weighted by molar-refractivity contribution is 0.367. The fraction of sp³-hybridized carbons (Fsp3) is 0.444. The molecule has 0 unspecified atom stereocenters. The standard InChI is InChI=1S/C27H33N7S/c28-20-13-11-19(12-14-20)25-31-23-24(32-27(29)33-26(23)34(25)21-4-1-2-5-21)30-16-17-7-9-18(10-8-17)22-6-3-15-35-22/h3,6-10,15,19-21H,1-2,4-5,11-14,16,28H2,(H3,29,30,32,33). The van der Waals surface area contributed by atoms with Crippen molar-refractivity contribution < 1.29 is 0 Å². The van der Waals surface area contributed by atoms with Crippen LogP contribution in [0.5, 0.6) is 0 Å². The van der Waals surface area contributed by atoms with Gasteiger partial charge >= 0.3 is 0 Å². The molecule has 5 N–H and O–H groups in total. The number of benzene rings is 1. The van der Waals surface area contributed by atoms with Gasteiger partial charge in [0.25, 0.3) is 0 Å². The minimum absolute atomic E-state index is 0.296. The first kappa shape index (κ1) is 22.5. The molecule has 35 heavy (non-hydrogen) atoms. The lowest BCUT2D eigenvalue weighted by atomic mass is 9.86. The van der Waals surface area contributed by atoms with Crippen molar-refractivity contribution in [3.05, 3.63) is 53.2 Å². The maximum absolute atomic E-state index is 6.22. The molecule has 2 saturated carbocycles. The van der Waals surface area contributed by atoms with E-state index < -0.39 is 0 Å². The van der Waals surface area contributed by atoms with E-state index in [1.54, 1.807) is 11.3 Å². The van der Waals surface area contributed by atoms with Crippen LogP contribution in [0.15, 0.2) is 41.8 Å². The molecule has 4 aromatic rings. The number of nitrogens with zero attached hydrogens (tertiary/aromatic N) is 4. The number of nitrogen functional groups attached to an aromatic ring is 1. The van der Waals surface area contributed by atoms with Gasteiger partial charge in [-0.2, -0.15) is 9.97 Å². The van der Waals surface area contributed by atoms with Gasteiger partial charge in [0.05, 0.1) is 0 Å². The summed E-state index contributed by atoms with van der Waals surface area (Å²) in [4.78, 5) is 15.8. The zero-order valence-corrected chi connectivity index (χ0v) is 20.8. The Morgan fingerprint density at radius 2 is 1.71 bits per heavy atom. The number of anilines is 2. The second-order valence-corrected chi connectivity index (χ2v) is 11.0. The highest BCUT2D eigenvalue weighted by atomic mass is 32.1. The van der Waals surface area contributed by atoms with Gasteiger partial charge < -0.3 is 21.4 Å². The molecule has 0 radical (unpaired) electrons. The molecule has 0 atom stereocenters. The third-order valence-electron chi connectivity index (χ3n) is 7.63. The van der Waals surface area contributed by atoms with E-state index in [2.05, 4.69) is 56.6 Å². The molecule has 0 bridgehead atoms. The van der Waals surface area contributed by atoms with Crippen molar-refractivity contribution in [1.82, 2.24) is 19.5 Å². The van der Waals surface area contributed by atoms with Gasteiger partial charge in [0, 0.05) is 29.4 Å². The van der Waals surface area contributed by atoms with Crippen molar-refractivity contribution in [2.75, 3.05) is 11.1 Å². The van der Waals surface area contributed by atoms with Crippen molar-refractivity contribution in [2.24, 2.45) is 5.73 Å². The number of thiophene rings is 1. The summed E-state index contributed by atoms with van der Waals surface area (Å²) in [6, 6.07) is 13.7. The number of hydrogen-bond donors (Lipinski definition) is 3. The van der Waals surface area contributed by atoms with Crippen LogP contribution in [0, 0.1) is 0 Å². The van der Waals surface area contributed by atoms with Crippen molar-refractivity contribution in [1.29, 1.82) is 0 Å². The Morgan fingerprint density at radius 3 is 2.43 bits per heavy atom. The van der Waals surface area contributed by atoms with Crippen LogP contribution in [0.1, 0.15) is 74.7 Å². The smallest absolute Gasteiger partial charge is 0.224 e. The van der Waals surface area contributed by atoms with E-state index in [1.165, 1.54) is 41.7 Å². The first-order chi connectivity index (χ1) is 17.2. The topological polar surface area (TPSA) is 108 Å². The predicted molar refractivity (Wildman–Crippen MR) is 144 cm³/mol. The quantitative estimate of drug-likeness (QED) is 0.315. The summed E-state index contributed by atoms with van der Waals surface area (Å²) in [6.07, 6.45) is 9.14. The van der Waals surface area contributed by atoms with E-state index in [9.17, 15) is 0 Å². The van der Waals surface area contributed by atoms with Crippen LogP contribution in [-0.4, -0.2) is 25.6 Å². The van der Waals surface area contributed by atoms with Gasteiger partial charge in [-0.1, -0.05) is 43.2 Å². The number of imidazole rings is 1. The average Bonchev–Trinajstić information content (AvgIpc) is 3.64. The summed E-state index contributed by atoms with van der Waals surface area (Å²) in [6.45, 7) is 0.653. The fourth-order valence-electron chi connectivity index (χ4n) is 5.73. The van der Waals surface area contributed by atoms with Crippen LogP contribution in [0.3, 0.4) is 0 Å². The van der Waals surface area contributed by atoms with Gasteiger partial charge in [0.15, 0.2) is 17.0 Å². The monoisotopic (exact) mass is 487 g/mol. The molecule has 8 heteroatoms. The zero-order valence-electron chi connectivity index (χ0n) is 20.0. The van der Waals surface area contributed by atoms with E-state index in [0.717, 1.165) is 48.5 Å². The summed E-state index contributed by atoms with van der Waals surface area (Å²) < 4.78 is 2.41. The molecule has 0 amide bonds. The molecule has 2 aliphatic carbocycles. The molecule has 2 aliphatic rings. The highest BCUT2D eigenvalue weighted by Gasteiger charge is 2.31. The van der Waals surface area contributed by atoms with Gasteiger partial charge in [0.1, 0.15) is 5.82 Å². The van der Waals surface area contributed by atoms with Crippen molar-refractivity contribution in [2.45, 2.75) is 75.9 Å². The summed E-state index contributed by atoms with van der Waals surface area (Å²) in [5.41, 5.74) is 16.6. The van der Waals surface area contributed by atoms with Crippen LogP contribution in [0.25, 0.3) is 21.6 Å². The molecule has 3 aromatic heterocycles. The molecule has 3 heterocycles. The second-order valence-electron chi connectivity index (χ2n) is 10.0. The van der Waals surface area contributed by atoms with E-state index in [4.69, 9.17) is 21.4 Å². The molecule has 0 aliphatic heterocycles.